The molecule has 0 aromatic heterocycles. The molecule has 0 saturated heterocycles. The Bertz CT molecular complexity index is 210. The van der Waals surface area contributed by atoms with Crippen LogP contribution in [0.2, 0.25) is 0 Å². The van der Waals surface area contributed by atoms with Gasteiger partial charge in [-0.3, -0.25) is 0 Å². The van der Waals surface area contributed by atoms with Crippen molar-refractivity contribution in [3.05, 3.63) is 25.3 Å². The summed E-state index contributed by atoms with van der Waals surface area (Å²) in [5.74, 6) is 0. The summed E-state index contributed by atoms with van der Waals surface area (Å²) >= 11 is 0. The summed E-state index contributed by atoms with van der Waals surface area (Å²) in [6, 6.07) is 0. The number of unbranched alkanes of at least 4 members (excludes halogenated alkanes) is 2. The van der Waals surface area contributed by atoms with Crippen LogP contribution in [0, 0.1) is 0 Å². The molecule has 0 N–H and O–H groups in total. The summed E-state index contributed by atoms with van der Waals surface area (Å²) < 4.78 is 6.29. The molecule has 0 spiro atoms. The molecule has 100 valence electrons. The van der Waals surface area contributed by atoms with E-state index in [1.165, 1.54) is 25.7 Å². The molecule has 0 radical (unpaired) electrons. The molecule has 0 amide bonds. The molecular weight excluding hydrogens is 208 g/mol. The lowest BCUT2D eigenvalue weighted by Crippen LogP contribution is -2.38. The average Bonchev–Trinajstić information content (AvgIpc) is 2.34. The second-order valence-electron chi connectivity index (χ2n) is 5.34. The third-order valence-corrected chi connectivity index (χ3v) is 3.38. The third kappa shape index (κ3) is 6.07. The summed E-state index contributed by atoms with van der Waals surface area (Å²) in [5.41, 5.74) is -0.459. The van der Waals surface area contributed by atoms with Crippen molar-refractivity contribution < 1.29 is 4.74 Å². The smallest absolute Gasteiger partial charge is 0.0843 e. The van der Waals surface area contributed by atoms with Gasteiger partial charge in [-0.15, -0.1) is 13.2 Å². The van der Waals surface area contributed by atoms with Crippen LogP contribution >= 0.6 is 0 Å². The molecular formula is C16H30O. The Hall–Kier alpha value is -0.560. The lowest BCUT2D eigenvalue weighted by Gasteiger charge is -2.37. The summed E-state index contributed by atoms with van der Waals surface area (Å²) in [7, 11) is 0. The lowest BCUT2D eigenvalue weighted by atomic mass is 9.94. The highest BCUT2D eigenvalue weighted by Crippen LogP contribution is 2.30. The zero-order valence-corrected chi connectivity index (χ0v) is 12.2. The Labute approximate surface area is 108 Å². The molecule has 0 aromatic rings. The van der Waals surface area contributed by atoms with E-state index in [1.807, 2.05) is 12.2 Å². The molecule has 0 fully saturated rings. The molecule has 0 bridgehead atoms. The van der Waals surface area contributed by atoms with Crippen molar-refractivity contribution in [1.29, 1.82) is 0 Å². The molecule has 1 nitrogen and oxygen atoms in total. The first-order valence-corrected chi connectivity index (χ1v) is 6.92. The first kappa shape index (κ1) is 16.4. The highest BCUT2D eigenvalue weighted by molar-refractivity contribution is 5.01. The van der Waals surface area contributed by atoms with E-state index >= 15 is 0 Å². The molecule has 2 atom stereocenters. The van der Waals surface area contributed by atoms with E-state index in [4.69, 9.17) is 4.74 Å². The number of hydrogen-bond acceptors (Lipinski definition) is 1. The minimum absolute atomic E-state index is 0.229. The largest absolute Gasteiger partial charge is 0.361 e. The van der Waals surface area contributed by atoms with Crippen LogP contribution in [0.4, 0.5) is 0 Å². The van der Waals surface area contributed by atoms with Crippen molar-refractivity contribution in [2.75, 3.05) is 0 Å². The molecule has 17 heavy (non-hydrogen) atoms. The van der Waals surface area contributed by atoms with E-state index in [2.05, 4.69) is 40.9 Å². The predicted octanol–water partition coefficient (Wildman–Crippen LogP) is 5.27. The maximum absolute atomic E-state index is 6.29. The summed E-state index contributed by atoms with van der Waals surface area (Å²) in [6.07, 6.45) is 10.7. The first-order valence-electron chi connectivity index (χ1n) is 6.92. The highest BCUT2D eigenvalue weighted by Gasteiger charge is 2.30. The van der Waals surface area contributed by atoms with Crippen LogP contribution in [0.1, 0.15) is 66.2 Å². The first-order chi connectivity index (χ1) is 7.95. The van der Waals surface area contributed by atoms with Crippen molar-refractivity contribution in [3.63, 3.8) is 0 Å². The van der Waals surface area contributed by atoms with Crippen LogP contribution in [-0.4, -0.2) is 11.2 Å². The van der Waals surface area contributed by atoms with Gasteiger partial charge >= 0.3 is 0 Å². The van der Waals surface area contributed by atoms with Gasteiger partial charge in [0.1, 0.15) is 0 Å². The zero-order valence-electron chi connectivity index (χ0n) is 12.2. The van der Waals surface area contributed by atoms with Gasteiger partial charge in [0.15, 0.2) is 0 Å². The van der Waals surface area contributed by atoms with Gasteiger partial charge in [0, 0.05) is 0 Å². The molecule has 0 saturated carbocycles. The Balaban J connectivity index is 4.58. The van der Waals surface area contributed by atoms with Gasteiger partial charge in [-0.2, -0.15) is 0 Å². The second-order valence-corrected chi connectivity index (χ2v) is 5.34. The average molecular weight is 238 g/mol. The molecule has 0 aliphatic carbocycles. The Morgan fingerprint density at radius 1 is 0.882 bits per heavy atom. The third-order valence-electron chi connectivity index (χ3n) is 3.38. The second kappa shape index (κ2) is 7.71. The van der Waals surface area contributed by atoms with Gasteiger partial charge in [0.25, 0.3) is 0 Å². The summed E-state index contributed by atoms with van der Waals surface area (Å²) in [5, 5.41) is 0. The summed E-state index contributed by atoms with van der Waals surface area (Å²) in [4.78, 5) is 0. The SMILES string of the molecule is C=CC(C)(CCCC)OC(C)(C=C)CCCC. The number of ether oxygens (including phenoxy) is 1. The molecule has 0 aliphatic rings. The Kier molecular flexibility index (Phi) is 7.45. The van der Waals surface area contributed by atoms with E-state index < -0.39 is 0 Å². The van der Waals surface area contributed by atoms with Crippen LogP contribution in [0.15, 0.2) is 25.3 Å². The van der Waals surface area contributed by atoms with Crippen LogP contribution in [0.3, 0.4) is 0 Å². The van der Waals surface area contributed by atoms with Crippen LogP contribution in [-0.2, 0) is 4.74 Å². The fourth-order valence-corrected chi connectivity index (χ4v) is 1.98. The predicted molar refractivity (Wildman–Crippen MR) is 77.3 cm³/mol. The normalized spacial score (nSPS) is 18.1. The molecule has 2 unspecified atom stereocenters. The Morgan fingerprint density at radius 2 is 1.24 bits per heavy atom. The van der Waals surface area contributed by atoms with Gasteiger partial charge in [-0.05, 0) is 26.7 Å². The van der Waals surface area contributed by atoms with Gasteiger partial charge in [-0.25, -0.2) is 0 Å². The van der Waals surface area contributed by atoms with Gasteiger partial charge < -0.3 is 4.74 Å². The Morgan fingerprint density at radius 3 is 1.47 bits per heavy atom. The van der Waals surface area contributed by atoms with Gasteiger partial charge in [-0.1, -0.05) is 51.7 Å². The van der Waals surface area contributed by atoms with E-state index in [0.29, 0.717) is 0 Å². The fourth-order valence-electron chi connectivity index (χ4n) is 1.98. The summed E-state index contributed by atoms with van der Waals surface area (Å²) in [6.45, 7) is 16.5. The molecule has 0 rings (SSSR count). The standard InChI is InChI=1S/C16H30O/c1-7-11-13-15(5,9-3)17-16(6,10-4)14-12-8-2/h9-10H,3-4,7-8,11-14H2,1-2,5-6H3. The topological polar surface area (TPSA) is 9.23 Å². The maximum Gasteiger partial charge on any atom is 0.0843 e. The molecule has 0 aliphatic heterocycles. The fraction of sp³-hybridized carbons (Fsp3) is 0.750. The van der Waals surface area contributed by atoms with Crippen molar-refractivity contribution in [3.8, 4) is 0 Å². The van der Waals surface area contributed by atoms with E-state index in [1.54, 1.807) is 0 Å². The monoisotopic (exact) mass is 238 g/mol. The van der Waals surface area contributed by atoms with Crippen molar-refractivity contribution in [2.45, 2.75) is 77.4 Å². The van der Waals surface area contributed by atoms with Crippen LogP contribution < -0.4 is 0 Å². The van der Waals surface area contributed by atoms with Crippen molar-refractivity contribution in [1.82, 2.24) is 0 Å². The minimum atomic E-state index is -0.229. The molecule has 0 heterocycles. The molecule has 1 heteroatoms. The quantitative estimate of drug-likeness (QED) is 0.471. The number of hydrogen-bond donors (Lipinski definition) is 0. The van der Waals surface area contributed by atoms with E-state index in [-0.39, 0.29) is 11.2 Å². The van der Waals surface area contributed by atoms with Gasteiger partial charge in [0.2, 0.25) is 0 Å². The van der Waals surface area contributed by atoms with E-state index in [0.717, 1.165) is 12.8 Å². The van der Waals surface area contributed by atoms with Crippen LogP contribution in [0.25, 0.3) is 0 Å². The van der Waals surface area contributed by atoms with Crippen molar-refractivity contribution in [2.24, 2.45) is 0 Å². The highest BCUT2D eigenvalue weighted by atomic mass is 16.5. The minimum Gasteiger partial charge on any atom is -0.361 e. The lowest BCUT2D eigenvalue weighted by molar-refractivity contribution is -0.0973. The number of rotatable bonds is 10. The maximum atomic E-state index is 6.29. The zero-order chi connectivity index (χ0) is 13.4. The van der Waals surface area contributed by atoms with Crippen molar-refractivity contribution >= 4 is 0 Å². The van der Waals surface area contributed by atoms with Gasteiger partial charge in [0.05, 0.1) is 11.2 Å². The van der Waals surface area contributed by atoms with Crippen LogP contribution in [0.5, 0.6) is 0 Å². The van der Waals surface area contributed by atoms with E-state index in [9.17, 15) is 0 Å². The molecule has 0 aromatic carbocycles.